The highest BCUT2D eigenvalue weighted by Gasteiger charge is 2.16. The van der Waals surface area contributed by atoms with Crippen molar-refractivity contribution in [3.63, 3.8) is 0 Å². The number of halogens is 1. The van der Waals surface area contributed by atoms with E-state index in [1.807, 2.05) is 6.92 Å². The summed E-state index contributed by atoms with van der Waals surface area (Å²) in [6.45, 7) is 4.80. The maximum atomic E-state index is 13.2. The van der Waals surface area contributed by atoms with Gasteiger partial charge in [-0.05, 0) is 31.0 Å². The number of benzene rings is 1. The van der Waals surface area contributed by atoms with Crippen LogP contribution in [0.2, 0.25) is 0 Å². The van der Waals surface area contributed by atoms with Gasteiger partial charge in [-0.1, -0.05) is 31.9 Å². The minimum Gasteiger partial charge on any atom is -0.299 e. The average molecular weight is 330 g/mol. The van der Waals surface area contributed by atoms with E-state index in [1.54, 1.807) is 23.0 Å². The van der Waals surface area contributed by atoms with Gasteiger partial charge in [-0.3, -0.25) is 9.36 Å². The number of rotatable bonds is 5. The summed E-state index contributed by atoms with van der Waals surface area (Å²) in [7, 11) is 0. The summed E-state index contributed by atoms with van der Waals surface area (Å²) in [5.74, 6) is -0.277. The topological polar surface area (TPSA) is 34.9 Å². The predicted molar refractivity (Wildman–Crippen MR) is 93.5 cm³/mol. The van der Waals surface area contributed by atoms with Crippen LogP contribution in [-0.2, 0) is 6.54 Å². The van der Waals surface area contributed by atoms with Gasteiger partial charge in [0, 0.05) is 17.0 Å². The molecule has 3 nitrogen and oxygen atoms in total. The average Bonchev–Trinajstić information content (AvgIpc) is 2.88. The molecule has 0 amide bonds. The van der Waals surface area contributed by atoms with Crippen LogP contribution in [0.15, 0.2) is 35.4 Å². The second kappa shape index (κ2) is 6.62. The first-order valence-electron chi connectivity index (χ1n) is 7.86. The minimum absolute atomic E-state index is 0.00484. The Labute approximate surface area is 138 Å². The zero-order valence-electron chi connectivity index (χ0n) is 13.3. The van der Waals surface area contributed by atoms with E-state index in [4.69, 9.17) is 0 Å². The second-order valence-electron chi connectivity index (χ2n) is 5.67. The molecule has 0 saturated carbocycles. The van der Waals surface area contributed by atoms with Crippen LogP contribution in [0.1, 0.15) is 31.1 Å². The quantitative estimate of drug-likeness (QED) is 0.632. The number of fused-ring (bicyclic) bond motifs is 1. The van der Waals surface area contributed by atoms with Crippen LogP contribution in [0.3, 0.4) is 0 Å². The van der Waals surface area contributed by atoms with Crippen molar-refractivity contribution in [2.45, 2.75) is 39.7 Å². The van der Waals surface area contributed by atoms with E-state index >= 15 is 0 Å². The zero-order valence-corrected chi connectivity index (χ0v) is 14.1. The lowest BCUT2D eigenvalue weighted by molar-refractivity contribution is 0.584. The Morgan fingerprint density at radius 3 is 2.65 bits per heavy atom. The molecule has 2 aromatic heterocycles. The summed E-state index contributed by atoms with van der Waals surface area (Å²) < 4.78 is 14.9. The minimum atomic E-state index is -0.277. The first-order valence-corrected chi connectivity index (χ1v) is 8.68. The Morgan fingerprint density at radius 2 is 1.96 bits per heavy atom. The van der Waals surface area contributed by atoms with Gasteiger partial charge < -0.3 is 0 Å². The van der Waals surface area contributed by atoms with Crippen LogP contribution in [-0.4, -0.2) is 9.55 Å². The van der Waals surface area contributed by atoms with E-state index in [-0.39, 0.29) is 11.4 Å². The molecule has 0 aliphatic carbocycles. The molecule has 0 saturated heterocycles. The Balaban J connectivity index is 2.14. The van der Waals surface area contributed by atoms with Gasteiger partial charge >= 0.3 is 0 Å². The molecule has 1 aromatic carbocycles. The molecule has 5 heteroatoms. The third-order valence-electron chi connectivity index (χ3n) is 3.99. The van der Waals surface area contributed by atoms with Crippen LogP contribution in [0, 0.1) is 12.7 Å². The Bertz CT molecular complexity index is 880. The van der Waals surface area contributed by atoms with Crippen molar-refractivity contribution in [1.82, 2.24) is 9.55 Å². The van der Waals surface area contributed by atoms with Crippen LogP contribution in [0.25, 0.3) is 21.3 Å². The van der Waals surface area contributed by atoms with E-state index in [0.29, 0.717) is 11.9 Å². The summed E-state index contributed by atoms with van der Waals surface area (Å²) in [4.78, 5) is 19.1. The molecule has 0 spiro atoms. The lowest BCUT2D eigenvalue weighted by Crippen LogP contribution is -2.20. The van der Waals surface area contributed by atoms with Crippen molar-refractivity contribution >= 4 is 21.6 Å². The summed E-state index contributed by atoms with van der Waals surface area (Å²) >= 11 is 1.51. The van der Waals surface area contributed by atoms with Crippen molar-refractivity contribution in [2.75, 3.05) is 0 Å². The molecule has 0 aliphatic rings. The summed E-state index contributed by atoms with van der Waals surface area (Å²) in [5.41, 5.74) is 1.74. The molecule has 2 heterocycles. The van der Waals surface area contributed by atoms with Gasteiger partial charge in [-0.15, -0.1) is 11.3 Å². The Morgan fingerprint density at radius 1 is 1.22 bits per heavy atom. The smallest absolute Gasteiger partial charge is 0.262 e. The first-order chi connectivity index (χ1) is 11.1. The molecule has 0 N–H and O–H groups in total. The summed E-state index contributed by atoms with van der Waals surface area (Å²) in [6.07, 6.45) is 4.82. The maximum Gasteiger partial charge on any atom is 0.262 e. The first kappa shape index (κ1) is 15.9. The molecule has 0 bridgehead atoms. The molecule has 0 radical (unpaired) electrons. The number of hydrogen-bond donors (Lipinski definition) is 0. The fourth-order valence-corrected chi connectivity index (χ4v) is 3.80. The number of nitrogens with zero attached hydrogens (tertiary/aromatic N) is 2. The van der Waals surface area contributed by atoms with Gasteiger partial charge in [0.2, 0.25) is 0 Å². The van der Waals surface area contributed by atoms with E-state index in [2.05, 4.69) is 11.9 Å². The Hall–Kier alpha value is -2.01. The molecule has 0 fully saturated rings. The third kappa shape index (κ3) is 3.06. The second-order valence-corrected chi connectivity index (χ2v) is 6.87. The van der Waals surface area contributed by atoms with Gasteiger partial charge in [-0.2, -0.15) is 0 Å². The van der Waals surface area contributed by atoms with Gasteiger partial charge in [-0.25, -0.2) is 9.37 Å². The van der Waals surface area contributed by atoms with E-state index in [1.165, 1.54) is 23.5 Å². The van der Waals surface area contributed by atoms with E-state index < -0.39 is 0 Å². The van der Waals surface area contributed by atoms with Crippen LogP contribution in [0.4, 0.5) is 4.39 Å². The van der Waals surface area contributed by atoms with E-state index in [0.717, 1.165) is 40.1 Å². The van der Waals surface area contributed by atoms with Gasteiger partial charge in [0.25, 0.3) is 5.56 Å². The van der Waals surface area contributed by atoms with Crippen molar-refractivity contribution < 1.29 is 4.39 Å². The van der Waals surface area contributed by atoms with Crippen LogP contribution in [0.5, 0.6) is 0 Å². The predicted octanol–water partition coefficient (Wildman–Crippen LogP) is 4.76. The van der Waals surface area contributed by atoms with Crippen molar-refractivity contribution in [3.05, 3.63) is 51.6 Å². The number of aromatic nitrogens is 2. The number of thiophene rings is 1. The molecule has 120 valence electrons. The van der Waals surface area contributed by atoms with Crippen molar-refractivity contribution in [2.24, 2.45) is 0 Å². The normalized spacial score (nSPS) is 11.3. The lowest BCUT2D eigenvalue weighted by Gasteiger charge is -2.06. The molecule has 0 unspecified atom stereocenters. The third-order valence-corrected chi connectivity index (χ3v) is 5.00. The molecular weight excluding hydrogens is 311 g/mol. The van der Waals surface area contributed by atoms with Crippen LogP contribution < -0.4 is 5.56 Å². The van der Waals surface area contributed by atoms with Gasteiger partial charge in [0.1, 0.15) is 10.6 Å². The molecule has 3 aromatic rings. The van der Waals surface area contributed by atoms with Gasteiger partial charge in [0.05, 0.1) is 11.7 Å². The monoisotopic (exact) mass is 330 g/mol. The van der Waals surface area contributed by atoms with Crippen molar-refractivity contribution in [3.8, 4) is 11.1 Å². The number of unbranched alkanes of at least 4 members (excludes halogenated alkanes) is 2. The number of aryl methyl sites for hydroxylation is 2. The summed E-state index contributed by atoms with van der Waals surface area (Å²) in [5, 5.41) is 0.651. The van der Waals surface area contributed by atoms with Crippen LogP contribution >= 0.6 is 11.3 Å². The van der Waals surface area contributed by atoms with E-state index in [9.17, 15) is 9.18 Å². The van der Waals surface area contributed by atoms with Crippen molar-refractivity contribution in [1.29, 1.82) is 0 Å². The summed E-state index contributed by atoms with van der Waals surface area (Å²) in [6, 6.07) is 6.29. The van der Waals surface area contributed by atoms with Gasteiger partial charge in [0.15, 0.2) is 0 Å². The highest BCUT2D eigenvalue weighted by atomic mass is 32.1. The zero-order chi connectivity index (χ0) is 16.4. The highest BCUT2D eigenvalue weighted by molar-refractivity contribution is 7.19. The fourth-order valence-electron chi connectivity index (χ4n) is 2.79. The molecule has 3 rings (SSSR count). The molecule has 23 heavy (non-hydrogen) atoms. The SMILES string of the molecule is CCCCCn1cnc2sc(C)c(-c3ccc(F)cc3)c2c1=O. The molecule has 0 atom stereocenters. The maximum absolute atomic E-state index is 13.2. The molecular formula is C18H19FN2OS. The fraction of sp³-hybridized carbons (Fsp3) is 0.333. The standard InChI is InChI=1S/C18H19FN2OS/c1-3-4-5-10-21-11-20-17-16(18(21)22)15(12(2)23-17)13-6-8-14(19)9-7-13/h6-9,11H,3-5,10H2,1-2H3. The largest absolute Gasteiger partial charge is 0.299 e. The Kier molecular flexibility index (Phi) is 4.57. The lowest BCUT2D eigenvalue weighted by atomic mass is 10.0. The highest BCUT2D eigenvalue weighted by Crippen LogP contribution is 2.35. The number of hydrogen-bond acceptors (Lipinski definition) is 3. The molecule has 0 aliphatic heterocycles.